The highest BCUT2D eigenvalue weighted by Crippen LogP contribution is 2.17. The van der Waals surface area contributed by atoms with Gasteiger partial charge >= 0.3 is 0 Å². The van der Waals surface area contributed by atoms with Gasteiger partial charge in [-0.05, 0) is 0 Å². The van der Waals surface area contributed by atoms with Gasteiger partial charge < -0.3 is 0 Å². The van der Waals surface area contributed by atoms with Gasteiger partial charge in [-0.1, -0.05) is 0 Å². The van der Waals surface area contributed by atoms with Crippen LogP contribution in [-0.2, 0) is 0 Å². The number of fused-ring (bicyclic) bond motifs is 2. The standard InChI is InChI=1S/C14H10N2/c15-13-5-1-3-9-7-10-4-2-6-14(16)12(10)8-11(9)13/h1-8,15-16H/q+2. The summed E-state index contributed by atoms with van der Waals surface area (Å²) in [6.07, 6.45) is 0. The van der Waals surface area contributed by atoms with Gasteiger partial charge in [-0.3, -0.25) is 10.8 Å². The number of benzene rings is 3. The van der Waals surface area contributed by atoms with Crippen LogP contribution in [0.25, 0.3) is 21.5 Å². The third kappa shape index (κ3) is 1.20. The highest BCUT2D eigenvalue weighted by Gasteiger charge is 2.11. The van der Waals surface area contributed by atoms with E-state index in [9.17, 15) is 0 Å². The summed E-state index contributed by atoms with van der Waals surface area (Å²) in [4.78, 5) is 0. The summed E-state index contributed by atoms with van der Waals surface area (Å²) in [6, 6.07) is 15.3. The molecule has 0 aliphatic carbocycles. The van der Waals surface area contributed by atoms with Crippen LogP contribution >= 0.6 is 0 Å². The first kappa shape index (κ1) is 9.04. The Labute approximate surface area is 92.2 Å². The fraction of sp³-hybridized carbons (Fsp3) is 0. The molecular weight excluding hydrogens is 196 g/mol. The molecule has 0 saturated carbocycles. The smallest absolute Gasteiger partial charge is 0.175 e. The Kier molecular flexibility index (Phi) is 1.77. The molecular formula is C14H10N2+2. The second-order valence-electron chi connectivity index (χ2n) is 3.91. The fourth-order valence-electron chi connectivity index (χ4n) is 2.05. The maximum absolute atomic E-state index is 7.85. The quantitative estimate of drug-likeness (QED) is 0.419. The van der Waals surface area contributed by atoms with Crippen LogP contribution in [0.2, 0.25) is 0 Å². The highest BCUT2D eigenvalue weighted by atomic mass is 14.4. The zero-order valence-electron chi connectivity index (χ0n) is 8.62. The molecule has 0 radical (unpaired) electrons. The molecule has 2 N–H and O–H groups in total. The molecule has 0 amide bonds. The summed E-state index contributed by atoms with van der Waals surface area (Å²) >= 11 is 0. The largest absolute Gasteiger partial charge is 0.281 e. The van der Waals surface area contributed by atoms with Gasteiger partial charge in [0.05, 0.1) is 30.3 Å². The number of hydrogen-bond acceptors (Lipinski definition) is 2. The van der Waals surface area contributed by atoms with E-state index >= 15 is 0 Å². The Balaban J connectivity index is 2.65. The van der Waals surface area contributed by atoms with Gasteiger partial charge in [0, 0.05) is 18.2 Å². The Morgan fingerprint density at radius 1 is 0.875 bits per heavy atom. The van der Waals surface area contributed by atoms with E-state index in [0.29, 0.717) is 10.7 Å². The summed E-state index contributed by atoms with van der Waals surface area (Å²) in [5.74, 6) is 0. The van der Waals surface area contributed by atoms with Crippen LogP contribution in [0.5, 0.6) is 0 Å². The summed E-state index contributed by atoms with van der Waals surface area (Å²) in [5, 5.41) is 20.7. The van der Waals surface area contributed by atoms with Crippen molar-refractivity contribution >= 4 is 21.5 Å². The van der Waals surface area contributed by atoms with Gasteiger partial charge in [-0.15, -0.1) is 0 Å². The van der Waals surface area contributed by atoms with E-state index in [1.54, 1.807) is 12.1 Å². The zero-order chi connectivity index (χ0) is 11.1. The zero-order valence-corrected chi connectivity index (χ0v) is 8.62. The molecule has 0 heterocycles. The summed E-state index contributed by atoms with van der Waals surface area (Å²) < 4.78 is 0. The van der Waals surface area contributed by atoms with Gasteiger partial charge in [-0.2, -0.15) is 0 Å². The van der Waals surface area contributed by atoms with Crippen molar-refractivity contribution in [3.63, 3.8) is 0 Å². The average molecular weight is 206 g/mol. The number of nitrogens with one attached hydrogen (secondary N) is 2. The van der Waals surface area contributed by atoms with Crippen molar-refractivity contribution in [2.24, 2.45) is 0 Å². The van der Waals surface area contributed by atoms with Crippen LogP contribution in [0.15, 0.2) is 48.5 Å². The molecule has 16 heavy (non-hydrogen) atoms. The lowest BCUT2D eigenvalue weighted by molar-refractivity contribution is 1.30. The summed E-state index contributed by atoms with van der Waals surface area (Å²) in [5.41, 5.74) is 0. The lowest BCUT2D eigenvalue weighted by Crippen LogP contribution is -2.02. The molecule has 2 nitrogen and oxygen atoms in total. The van der Waals surface area contributed by atoms with Crippen molar-refractivity contribution in [3.8, 4) is 0 Å². The molecule has 0 aromatic heterocycles. The van der Waals surface area contributed by atoms with Crippen LogP contribution in [0.4, 0.5) is 0 Å². The second kappa shape index (κ2) is 3.14. The van der Waals surface area contributed by atoms with Crippen LogP contribution in [0, 0.1) is 10.8 Å². The van der Waals surface area contributed by atoms with Crippen molar-refractivity contribution in [2.75, 3.05) is 0 Å². The minimum Gasteiger partial charge on any atom is -0.281 e. The molecule has 0 unspecified atom stereocenters. The van der Waals surface area contributed by atoms with E-state index in [0.717, 1.165) is 21.5 Å². The van der Waals surface area contributed by atoms with E-state index in [4.69, 9.17) is 10.8 Å². The maximum Gasteiger partial charge on any atom is 0.175 e. The van der Waals surface area contributed by atoms with E-state index in [1.807, 2.05) is 36.4 Å². The predicted molar refractivity (Wildman–Crippen MR) is 64.3 cm³/mol. The monoisotopic (exact) mass is 206 g/mol. The van der Waals surface area contributed by atoms with Crippen LogP contribution in [-0.4, -0.2) is 0 Å². The molecule has 3 aromatic rings. The maximum atomic E-state index is 7.85. The minimum absolute atomic E-state index is 0.516. The van der Waals surface area contributed by atoms with E-state index < -0.39 is 0 Å². The van der Waals surface area contributed by atoms with E-state index in [2.05, 4.69) is 0 Å². The molecule has 74 valence electrons. The predicted octanol–water partition coefficient (Wildman–Crippen LogP) is 2.39. The summed E-state index contributed by atoms with van der Waals surface area (Å²) in [7, 11) is 0. The molecule has 0 atom stereocenters. The Hall–Kier alpha value is -2.22. The molecule has 3 aromatic carbocycles. The van der Waals surface area contributed by atoms with Gasteiger partial charge in [-0.25, -0.2) is 0 Å². The molecule has 3 rings (SSSR count). The average Bonchev–Trinajstić information content (AvgIpc) is 2.28. The lowest BCUT2D eigenvalue weighted by Gasteiger charge is -1.90. The van der Waals surface area contributed by atoms with Crippen molar-refractivity contribution in [1.82, 2.24) is 0 Å². The van der Waals surface area contributed by atoms with Crippen LogP contribution in [0.1, 0.15) is 0 Å². The molecule has 0 saturated heterocycles. The molecule has 2 heteroatoms. The van der Waals surface area contributed by atoms with Gasteiger partial charge in [0.15, 0.2) is 5.36 Å². The third-order valence-corrected chi connectivity index (χ3v) is 2.88. The number of rotatable bonds is 0. The van der Waals surface area contributed by atoms with Gasteiger partial charge in [0.2, 0.25) is 0 Å². The van der Waals surface area contributed by atoms with Crippen molar-refractivity contribution in [3.05, 3.63) is 59.2 Å². The molecule has 0 aliphatic rings. The molecule has 0 fully saturated rings. The topological polar surface area (TPSA) is 47.7 Å². The Morgan fingerprint density at radius 2 is 1.69 bits per heavy atom. The van der Waals surface area contributed by atoms with Crippen LogP contribution in [0.3, 0.4) is 0 Å². The van der Waals surface area contributed by atoms with Crippen molar-refractivity contribution in [1.29, 1.82) is 10.8 Å². The normalized spacial score (nSPS) is 11.0. The second-order valence-corrected chi connectivity index (χ2v) is 3.91. The van der Waals surface area contributed by atoms with Gasteiger partial charge in [0.25, 0.3) is 0 Å². The fourth-order valence-corrected chi connectivity index (χ4v) is 2.05. The van der Waals surface area contributed by atoms with Crippen molar-refractivity contribution in [2.45, 2.75) is 0 Å². The van der Waals surface area contributed by atoms with Gasteiger partial charge in [0.1, 0.15) is 26.9 Å². The Morgan fingerprint density at radius 3 is 2.56 bits per heavy atom. The first-order chi connectivity index (χ1) is 7.75. The first-order valence-corrected chi connectivity index (χ1v) is 5.14. The lowest BCUT2D eigenvalue weighted by atomic mass is 10.0. The van der Waals surface area contributed by atoms with Crippen LogP contribution < -0.4 is 10.7 Å². The van der Waals surface area contributed by atoms with E-state index in [1.165, 1.54) is 0 Å². The minimum atomic E-state index is 0.516. The number of hydrogen-bond donors (Lipinski definition) is 2. The first-order valence-electron chi connectivity index (χ1n) is 5.14. The van der Waals surface area contributed by atoms with Crippen molar-refractivity contribution < 1.29 is 0 Å². The SMILES string of the molecule is N=c1[cH+]ccc2cc3[cH+]ccc(=N)c3cc12. The Bertz CT molecular complexity index is 726. The summed E-state index contributed by atoms with van der Waals surface area (Å²) in [6.45, 7) is 0. The molecule has 0 aliphatic heterocycles. The van der Waals surface area contributed by atoms with E-state index in [-0.39, 0.29) is 0 Å². The highest BCUT2D eigenvalue weighted by molar-refractivity contribution is 5.97. The third-order valence-electron chi connectivity index (χ3n) is 2.88. The molecule has 0 bridgehead atoms. The molecule has 0 spiro atoms.